The molecule has 5 nitrogen and oxygen atoms in total. The van der Waals surface area contributed by atoms with E-state index in [2.05, 4.69) is 21.2 Å². The van der Waals surface area contributed by atoms with E-state index in [9.17, 15) is 13.2 Å². The van der Waals surface area contributed by atoms with Gasteiger partial charge in [-0.05, 0) is 53.9 Å². The summed E-state index contributed by atoms with van der Waals surface area (Å²) < 4.78 is 28.6. The maximum absolute atomic E-state index is 12.1. The average molecular weight is 397 g/mol. The summed E-state index contributed by atoms with van der Waals surface area (Å²) in [6.07, 6.45) is 1.75. The van der Waals surface area contributed by atoms with Gasteiger partial charge in [-0.1, -0.05) is 0 Å². The number of hydrogen-bond donors (Lipinski definition) is 1. The fourth-order valence-corrected chi connectivity index (χ4v) is 4.27. The molecule has 1 fully saturated rings. The van der Waals surface area contributed by atoms with Crippen LogP contribution < -0.4 is 5.32 Å². The summed E-state index contributed by atoms with van der Waals surface area (Å²) in [5, 5.41) is 2.85. The first-order valence-electron chi connectivity index (χ1n) is 6.48. The zero-order chi connectivity index (χ0) is 15.6. The number of amides is 1. The summed E-state index contributed by atoms with van der Waals surface area (Å²) >= 11 is 3.10. The standard InChI is InChI=1S/C13H15BrClNO4S/c1-2-20-10-6-9(7-10)16-13(17)8-3-4-11(14)12(5-8)21(15,18)19/h3-5,9-10H,2,6-7H2,1H3,(H,16,17). The second kappa shape index (κ2) is 6.64. The first-order chi connectivity index (χ1) is 9.81. The first kappa shape index (κ1) is 16.7. The monoisotopic (exact) mass is 395 g/mol. The quantitative estimate of drug-likeness (QED) is 0.777. The lowest BCUT2D eigenvalue weighted by Gasteiger charge is -2.35. The molecule has 1 aromatic carbocycles. The van der Waals surface area contributed by atoms with Gasteiger partial charge in [0.15, 0.2) is 0 Å². The minimum absolute atomic E-state index is 0.0637. The average Bonchev–Trinajstić information content (AvgIpc) is 2.35. The van der Waals surface area contributed by atoms with Crippen LogP contribution in [-0.4, -0.2) is 33.1 Å². The molecule has 0 aromatic heterocycles. The number of ether oxygens (including phenoxy) is 1. The van der Waals surface area contributed by atoms with Crippen LogP contribution in [0.1, 0.15) is 30.1 Å². The maximum Gasteiger partial charge on any atom is 0.262 e. The molecule has 0 bridgehead atoms. The summed E-state index contributed by atoms with van der Waals surface area (Å²) in [6.45, 7) is 2.59. The smallest absolute Gasteiger partial charge is 0.262 e. The number of rotatable bonds is 5. The van der Waals surface area contributed by atoms with Crippen LogP contribution in [0.15, 0.2) is 27.6 Å². The molecule has 1 amide bonds. The van der Waals surface area contributed by atoms with Gasteiger partial charge in [0.2, 0.25) is 0 Å². The van der Waals surface area contributed by atoms with E-state index in [0.717, 1.165) is 12.8 Å². The van der Waals surface area contributed by atoms with Crippen molar-refractivity contribution < 1.29 is 17.9 Å². The van der Waals surface area contributed by atoms with Crippen molar-refractivity contribution in [3.8, 4) is 0 Å². The van der Waals surface area contributed by atoms with Gasteiger partial charge >= 0.3 is 0 Å². The second-order valence-electron chi connectivity index (χ2n) is 4.80. The Labute approximate surface area is 136 Å². The molecule has 1 aromatic rings. The van der Waals surface area contributed by atoms with E-state index in [4.69, 9.17) is 15.4 Å². The molecular formula is C13H15BrClNO4S. The molecule has 2 rings (SSSR count). The van der Waals surface area contributed by atoms with Gasteiger partial charge in [0, 0.05) is 33.4 Å². The number of hydrogen-bond acceptors (Lipinski definition) is 4. The Hall–Kier alpha value is -0.630. The summed E-state index contributed by atoms with van der Waals surface area (Å²) in [7, 11) is 1.43. The number of nitrogens with one attached hydrogen (secondary N) is 1. The van der Waals surface area contributed by atoms with Gasteiger partial charge in [-0.15, -0.1) is 0 Å². The highest BCUT2D eigenvalue weighted by Crippen LogP contribution is 2.27. The van der Waals surface area contributed by atoms with E-state index in [1.807, 2.05) is 6.92 Å². The molecule has 1 aliphatic carbocycles. The predicted molar refractivity (Wildman–Crippen MR) is 83.1 cm³/mol. The van der Waals surface area contributed by atoms with Crippen LogP contribution in [0.5, 0.6) is 0 Å². The Balaban J connectivity index is 2.04. The fourth-order valence-electron chi connectivity index (χ4n) is 2.16. The van der Waals surface area contributed by atoms with Crippen molar-refractivity contribution in [1.82, 2.24) is 5.32 Å². The molecular weight excluding hydrogens is 382 g/mol. The van der Waals surface area contributed by atoms with E-state index >= 15 is 0 Å². The minimum atomic E-state index is -3.90. The van der Waals surface area contributed by atoms with Crippen molar-refractivity contribution in [3.05, 3.63) is 28.2 Å². The van der Waals surface area contributed by atoms with E-state index in [1.165, 1.54) is 12.1 Å². The Kier molecular flexibility index (Phi) is 5.29. The van der Waals surface area contributed by atoms with Gasteiger partial charge in [0.05, 0.1) is 11.0 Å². The minimum Gasteiger partial charge on any atom is -0.378 e. The molecule has 1 saturated carbocycles. The normalized spacial score (nSPS) is 21.7. The molecule has 1 aliphatic rings. The largest absolute Gasteiger partial charge is 0.378 e. The Morgan fingerprint density at radius 2 is 2.14 bits per heavy atom. The highest BCUT2D eigenvalue weighted by atomic mass is 79.9. The van der Waals surface area contributed by atoms with Crippen LogP contribution in [0, 0.1) is 0 Å². The topological polar surface area (TPSA) is 72.5 Å². The van der Waals surface area contributed by atoms with Crippen molar-refractivity contribution in [2.45, 2.75) is 36.8 Å². The van der Waals surface area contributed by atoms with Gasteiger partial charge in [-0.3, -0.25) is 4.79 Å². The van der Waals surface area contributed by atoms with Crippen molar-refractivity contribution in [2.24, 2.45) is 0 Å². The number of carbonyl (C=O) groups excluding carboxylic acids is 1. The van der Waals surface area contributed by atoms with Crippen LogP contribution >= 0.6 is 26.6 Å². The van der Waals surface area contributed by atoms with E-state index in [1.54, 1.807) is 6.07 Å². The molecule has 0 heterocycles. The van der Waals surface area contributed by atoms with Crippen LogP contribution in [0.25, 0.3) is 0 Å². The third kappa shape index (κ3) is 4.18. The SMILES string of the molecule is CCOC1CC(NC(=O)c2ccc(Br)c(S(=O)(=O)Cl)c2)C1. The summed E-state index contributed by atoms with van der Waals surface area (Å²) in [5.41, 5.74) is 0.261. The second-order valence-corrected chi connectivity index (χ2v) is 8.19. The van der Waals surface area contributed by atoms with E-state index in [0.29, 0.717) is 11.1 Å². The molecule has 0 saturated heterocycles. The molecule has 0 aliphatic heterocycles. The van der Waals surface area contributed by atoms with Crippen LogP contribution in [0.3, 0.4) is 0 Å². The van der Waals surface area contributed by atoms with Crippen LogP contribution in [0.2, 0.25) is 0 Å². The number of benzene rings is 1. The van der Waals surface area contributed by atoms with Crippen molar-refractivity contribution >= 4 is 41.6 Å². The van der Waals surface area contributed by atoms with Gasteiger partial charge in [-0.25, -0.2) is 8.42 Å². The number of halogens is 2. The third-order valence-electron chi connectivity index (χ3n) is 3.29. The lowest BCUT2D eigenvalue weighted by atomic mass is 9.89. The van der Waals surface area contributed by atoms with Gasteiger partial charge < -0.3 is 10.1 Å². The Morgan fingerprint density at radius 3 is 2.71 bits per heavy atom. The van der Waals surface area contributed by atoms with Crippen molar-refractivity contribution in [1.29, 1.82) is 0 Å². The third-order valence-corrected chi connectivity index (χ3v) is 5.60. The zero-order valence-corrected chi connectivity index (χ0v) is 14.5. The molecule has 21 heavy (non-hydrogen) atoms. The fraction of sp³-hybridized carbons (Fsp3) is 0.462. The Bertz CT molecular complexity index is 644. The van der Waals surface area contributed by atoms with Crippen LogP contribution in [0.4, 0.5) is 0 Å². The van der Waals surface area contributed by atoms with Crippen molar-refractivity contribution in [3.63, 3.8) is 0 Å². The van der Waals surface area contributed by atoms with Crippen molar-refractivity contribution in [2.75, 3.05) is 6.61 Å². The molecule has 0 atom stereocenters. The van der Waals surface area contributed by atoms with Gasteiger partial charge in [-0.2, -0.15) is 0 Å². The lowest BCUT2D eigenvalue weighted by Crippen LogP contribution is -2.47. The summed E-state index contributed by atoms with van der Waals surface area (Å²) in [4.78, 5) is 12.0. The van der Waals surface area contributed by atoms with Gasteiger partial charge in [0.25, 0.3) is 15.0 Å². The first-order valence-corrected chi connectivity index (χ1v) is 9.58. The molecule has 0 unspecified atom stereocenters. The molecule has 1 N–H and O–H groups in total. The molecule has 116 valence electrons. The highest BCUT2D eigenvalue weighted by Gasteiger charge is 2.31. The molecule has 0 spiro atoms. The molecule has 8 heteroatoms. The Morgan fingerprint density at radius 1 is 1.48 bits per heavy atom. The van der Waals surface area contributed by atoms with Gasteiger partial charge in [0.1, 0.15) is 0 Å². The lowest BCUT2D eigenvalue weighted by molar-refractivity contribution is -0.00862. The predicted octanol–water partition coefficient (Wildman–Crippen LogP) is 2.67. The zero-order valence-electron chi connectivity index (χ0n) is 11.3. The van der Waals surface area contributed by atoms with E-state index < -0.39 is 9.05 Å². The summed E-state index contributed by atoms with van der Waals surface area (Å²) in [5.74, 6) is -0.316. The van der Waals surface area contributed by atoms with Crippen LogP contribution in [-0.2, 0) is 13.8 Å². The van der Waals surface area contributed by atoms with E-state index in [-0.39, 0.29) is 28.5 Å². The summed E-state index contributed by atoms with van der Waals surface area (Å²) in [6, 6.07) is 4.37. The maximum atomic E-state index is 12.1. The highest BCUT2D eigenvalue weighted by molar-refractivity contribution is 9.10. The molecule has 0 radical (unpaired) electrons. The number of carbonyl (C=O) groups is 1.